The first-order valence-corrected chi connectivity index (χ1v) is 10.2. The molecule has 5 rings (SSSR count). The topological polar surface area (TPSA) is 106 Å². The maximum Gasteiger partial charge on any atom is 0.355 e. The third-order valence-corrected chi connectivity index (χ3v) is 6.62. The lowest BCUT2D eigenvalue weighted by Gasteiger charge is -2.56. The molecule has 4 saturated carbocycles. The van der Waals surface area contributed by atoms with Crippen LogP contribution in [0.4, 0.5) is 4.79 Å². The molecule has 0 aromatic carbocycles. The summed E-state index contributed by atoms with van der Waals surface area (Å²) < 4.78 is 6.46. The minimum absolute atomic E-state index is 0.168. The number of hydrogen-bond acceptors (Lipinski definition) is 5. The summed E-state index contributed by atoms with van der Waals surface area (Å²) in [7, 11) is 1.61. The first-order valence-electron chi connectivity index (χ1n) is 10.2. The lowest BCUT2D eigenvalue weighted by molar-refractivity contribution is -0.123. The Hall–Kier alpha value is -2.64. The Kier molecular flexibility index (Phi) is 4.96. The van der Waals surface area contributed by atoms with E-state index in [9.17, 15) is 19.2 Å². The van der Waals surface area contributed by atoms with Gasteiger partial charge in [0.2, 0.25) is 0 Å². The van der Waals surface area contributed by atoms with Crippen LogP contribution in [0, 0.1) is 17.8 Å². The number of ketones is 1. The van der Waals surface area contributed by atoms with Gasteiger partial charge in [-0.05, 0) is 69.3 Å². The number of aromatic nitrogens is 1. The fourth-order valence-corrected chi connectivity index (χ4v) is 5.86. The molecule has 4 bridgehead atoms. The standard InChI is InChI=1S/C21H27N3O5/c1-12(25)16-6-17(24(2)10-16)19(27)29-11-18(26)22-20(28)23-21-7-13-3-14(8-21)5-15(4-13)9-21/h6,10,13-15H,3-5,7-9,11H2,1-2H3,(H2,22,23,26,28). The molecule has 1 heterocycles. The van der Waals surface area contributed by atoms with Gasteiger partial charge in [0.25, 0.3) is 5.91 Å². The van der Waals surface area contributed by atoms with Gasteiger partial charge in [0, 0.05) is 24.3 Å². The van der Waals surface area contributed by atoms with Gasteiger partial charge >= 0.3 is 12.0 Å². The van der Waals surface area contributed by atoms with Gasteiger partial charge in [-0.3, -0.25) is 14.9 Å². The molecule has 156 valence electrons. The number of imide groups is 1. The van der Waals surface area contributed by atoms with Gasteiger partial charge < -0.3 is 14.6 Å². The van der Waals surface area contributed by atoms with Crippen molar-refractivity contribution in [1.29, 1.82) is 0 Å². The number of carbonyl (C=O) groups is 4. The van der Waals surface area contributed by atoms with E-state index in [1.54, 1.807) is 7.05 Å². The Labute approximate surface area is 169 Å². The molecule has 4 fully saturated rings. The van der Waals surface area contributed by atoms with Gasteiger partial charge in [-0.2, -0.15) is 0 Å². The summed E-state index contributed by atoms with van der Waals surface area (Å²) in [5, 5.41) is 5.32. The molecular weight excluding hydrogens is 374 g/mol. The molecule has 29 heavy (non-hydrogen) atoms. The summed E-state index contributed by atoms with van der Waals surface area (Å²) in [5.74, 6) is 0.479. The molecule has 0 aliphatic heterocycles. The number of rotatable bonds is 5. The highest BCUT2D eigenvalue weighted by Gasteiger charge is 2.51. The van der Waals surface area contributed by atoms with Crippen molar-refractivity contribution in [2.24, 2.45) is 24.8 Å². The highest BCUT2D eigenvalue weighted by atomic mass is 16.5. The molecule has 4 aliphatic carbocycles. The molecule has 1 aromatic rings. The molecule has 0 atom stereocenters. The molecule has 0 saturated heterocycles. The predicted octanol–water partition coefficient (Wildman–Crippen LogP) is 2.18. The van der Waals surface area contributed by atoms with E-state index in [2.05, 4.69) is 10.6 Å². The fraction of sp³-hybridized carbons (Fsp3) is 0.619. The van der Waals surface area contributed by atoms with Crippen molar-refractivity contribution < 1.29 is 23.9 Å². The largest absolute Gasteiger partial charge is 0.451 e. The summed E-state index contributed by atoms with van der Waals surface area (Å²) in [6.07, 6.45) is 8.29. The van der Waals surface area contributed by atoms with Crippen LogP contribution in [0.25, 0.3) is 0 Å². The van der Waals surface area contributed by atoms with Gasteiger partial charge in [0.1, 0.15) is 5.69 Å². The Morgan fingerprint density at radius 3 is 2.21 bits per heavy atom. The first-order chi connectivity index (χ1) is 13.7. The maximum absolute atomic E-state index is 12.4. The van der Waals surface area contributed by atoms with E-state index >= 15 is 0 Å². The van der Waals surface area contributed by atoms with Crippen molar-refractivity contribution in [1.82, 2.24) is 15.2 Å². The van der Waals surface area contributed by atoms with Crippen LogP contribution in [0.5, 0.6) is 0 Å². The summed E-state index contributed by atoms with van der Waals surface area (Å²) in [4.78, 5) is 48.0. The summed E-state index contributed by atoms with van der Waals surface area (Å²) >= 11 is 0. The Balaban J connectivity index is 1.27. The average molecular weight is 401 g/mol. The van der Waals surface area contributed by atoms with Crippen molar-refractivity contribution in [3.8, 4) is 0 Å². The van der Waals surface area contributed by atoms with Gasteiger partial charge in [-0.25, -0.2) is 9.59 Å². The zero-order valence-electron chi connectivity index (χ0n) is 16.8. The number of ether oxygens (including phenoxy) is 1. The Bertz CT molecular complexity index is 836. The van der Waals surface area contributed by atoms with Crippen molar-refractivity contribution in [2.45, 2.75) is 51.0 Å². The van der Waals surface area contributed by atoms with Gasteiger partial charge in [0.15, 0.2) is 12.4 Å². The zero-order valence-corrected chi connectivity index (χ0v) is 16.8. The van der Waals surface area contributed by atoms with Crippen LogP contribution >= 0.6 is 0 Å². The first kappa shape index (κ1) is 19.7. The number of carbonyl (C=O) groups excluding carboxylic acids is 4. The van der Waals surface area contributed by atoms with Gasteiger partial charge in [0.05, 0.1) is 0 Å². The second-order valence-corrected chi connectivity index (χ2v) is 9.06. The molecule has 2 N–H and O–H groups in total. The van der Waals surface area contributed by atoms with Crippen molar-refractivity contribution >= 4 is 23.7 Å². The van der Waals surface area contributed by atoms with Gasteiger partial charge in [-0.15, -0.1) is 0 Å². The van der Waals surface area contributed by atoms with E-state index in [4.69, 9.17) is 4.74 Å². The third-order valence-electron chi connectivity index (χ3n) is 6.62. The molecule has 8 nitrogen and oxygen atoms in total. The number of nitrogens with zero attached hydrogens (tertiary/aromatic N) is 1. The van der Waals surface area contributed by atoms with Crippen molar-refractivity contribution in [2.75, 3.05) is 6.61 Å². The number of Topliss-reactive ketones (excluding diaryl/α,β-unsaturated/α-hetero) is 1. The predicted molar refractivity (Wildman–Crippen MR) is 103 cm³/mol. The Morgan fingerprint density at radius 1 is 1.10 bits per heavy atom. The lowest BCUT2D eigenvalue weighted by atomic mass is 9.53. The second-order valence-electron chi connectivity index (χ2n) is 9.06. The van der Waals surface area contributed by atoms with Gasteiger partial charge in [-0.1, -0.05) is 0 Å². The lowest BCUT2D eigenvalue weighted by Crippen LogP contribution is -2.62. The number of nitrogens with one attached hydrogen (secondary N) is 2. The molecule has 8 heteroatoms. The van der Waals surface area contributed by atoms with Crippen molar-refractivity contribution in [3.63, 3.8) is 0 Å². The zero-order chi connectivity index (χ0) is 20.8. The molecule has 0 spiro atoms. The Morgan fingerprint density at radius 2 is 1.69 bits per heavy atom. The maximum atomic E-state index is 12.4. The van der Waals surface area contributed by atoms with E-state index < -0.39 is 24.5 Å². The van der Waals surface area contributed by atoms with Crippen LogP contribution in [0.1, 0.15) is 66.3 Å². The minimum Gasteiger partial charge on any atom is -0.451 e. The highest BCUT2D eigenvalue weighted by Crippen LogP contribution is 2.55. The highest BCUT2D eigenvalue weighted by molar-refractivity contribution is 5.99. The molecular formula is C21H27N3O5. The molecule has 0 unspecified atom stereocenters. The van der Waals surface area contributed by atoms with E-state index in [-0.39, 0.29) is 17.0 Å². The fourth-order valence-electron chi connectivity index (χ4n) is 5.86. The van der Waals surface area contributed by atoms with E-state index in [0.717, 1.165) is 19.3 Å². The van der Waals surface area contributed by atoms with Crippen LogP contribution in [-0.2, 0) is 16.6 Å². The average Bonchev–Trinajstić information content (AvgIpc) is 3.00. The quantitative estimate of drug-likeness (QED) is 0.581. The minimum atomic E-state index is -0.725. The molecule has 4 aliphatic rings. The number of aryl methyl sites for hydroxylation is 1. The van der Waals surface area contributed by atoms with Crippen LogP contribution in [-0.4, -0.2) is 40.4 Å². The van der Waals surface area contributed by atoms with E-state index in [0.29, 0.717) is 23.3 Å². The van der Waals surface area contributed by atoms with Crippen molar-refractivity contribution in [3.05, 3.63) is 23.5 Å². The smallest absolute Gasteiger partial charge is 0.355 e. The molecule has 0 radical (unpaired) electrons. The SMILES string of the molecule is CC(=O)c1cc(C(=O)OCC(=O)NC(=O)NC23CC4CC(CC(C4)C2)C3)n(C)c1. The van der Waals surface area contributed by atoms with Crippen LogP contribution < -0.4 is 10.6 Å². The number of hydrogen-bond donors (Lipinski definition) is 2. The van der Waals surface area contributed by atoms with Crippen LogP contribution in [0.3, 0.4) is 0 Å². The molecule has 1 aromatic heterocycles. The van der Waals surface area contributed by atoms with Crippen LogP contribution in [0.15, 0.2) is 12.3 Å². The van der Waals surface area contributed by atoms with Crippen LogP contribution in [0.2, 0.25) is 0 Å². The summed E-state index contributed by atoms with van der Waals surface area (Å²) in [5.41, 5.74) is 0.363. The second kappa shape index (κ2) is 7.31. The number of esters is 1. The number of urea groups is 1. The normalized spacial score (nSPS) is 29.4. The van der Waals surface area contributed by atoms with E-state index in [1.807, 2.05) is 0 Å². The number of amides is 3. The van der Waals surface area contributed by atoms with E-state index in [1.165, 1.54) is 43.0 Å². The third kappa shape index (κ3) is 4.06. The molecule has 3 amide bonds. The summed E-state index contributed by atoms with van der Waals surface area (Å²) in [6.45, 7) is 0.841. The monoisotopic (exact) mass is 401 g/mol. The summed E-state index contributed by atoms with van der Waals surface area (Å²) in [6, 6.07) is 0.897.